The highest BCUT2D eigenvalue weighted by atomic mass is 16.1. The Labute approximate surface area is 63.1 Å². The van der Waals surface area contributed by atoms with Crippen LogP contribution in [-0.4, -0.2) is 6.29 Å². The minimum atomic E-state index is -0.183. The maximum atomic E-state index is 10.4. The fraction of sp³-hybridized carbons (Fsp3) is 0.667. The van der Waals surface area contributed by atoms with Gasteiger partial charge in [0.05, 0.1) is 0 Å². The molecule has 0 aliphatic rings. The topological polar surface area (TPSA) is 17.1 Å². The molecule has 0 saturated carbocycles. The molecule has 0 bridgehead atoms. The predicted octanol–water partition coefficient (Wildman–Crippen LogP) is 2.57. The SMILES string of the molecule is CC(C)=CCC(C)(C)C=O. The number of carbonyl (C=O) groups excluding carboxylic acids is 1. The van der Waals surface area contributed by atoms with Crippen molar-refractivity contribution in [3.63, 3.8) is 0 Å². The molecule has 58 valence electrons. The summed E-state index contributed by atoms with van der Waals surface area (Å²) in [6, 6.07) is 0. The van der Waals surface area contributed by atoms with Gasteiger partial charge in [0.25, 0.3) is 0 Å². The van der Waals surface area contributed by atoms with Crippen molar-refractivity contribution >= 4 is 6.29 Å². The molecular weight excluding hydrogens is 124 g/mol. The average Bonchev–Trinajstić information content (AvgIpc) is 1.85. The van der Waals surface area contributed by atoms with E-state index in [0.29, 0.717) is 0 Å². The van der Waals surface area contributed by atoms with Gasteiger partial charge in [-0.05, 0) is 20.3 Å². The lowest BCUT2D eigenvalue weighted by molar-refractivity contribution is -0.114. The molecule has 0 radical (unpaired) electrons. The van der Waals surface area contributed by atoms with E-state index in [1.807, 2.05) is 27.7 Å². The molecule has 0 aromatic carbocycles. The van der Waals surface area contributed by atoms with E-state index in [9.17, 15) is 4.79 Å². The molecule has 0 unspecified atom stereocenters. The first kappa shape index (κ1) is 9.41. The zero-order valence-electron chi connectivity index (χ0n) is 7.27. The van der Waals surface area contributed by atoms with Crippen LogP contribution < -0.4 is 0 Å². The summed E-state index contributed by atoms with van der Waals surface area (Å²) in [5, 5.41) is 0. The minimum Gasteiger partial charge on any atom is -0.303 e. The van der Waals surface area contributed by atoms with Gasteiger partial charge in [-0.1, -0.05) is 25.5 Å². The van der Waals surface area contributed by atoms with Crippen molar-refractivity contribution in [1.82, 2.24) is 0 Å². The monoisotopic (exact) mass is 140 g/mol. The number of hydrogen-bond acceptors (Lipinski definition) is 1. The molecule has 0 heterocycles. The number of allylic oxidation sites excluding steroid dienone is 2. The van der Waals surface area contributed by atoms with Gasteiger partial charge in [0, 0.05) is 5.41 Å². The summed E-state index contributed by atoms with van der Waals surface area (Å²) in [7, 11) is 0. The number of hydrogen-bond donors (Lipinski definition) is 0. The Kier molecular flexibility index (Phi) is 3.34. The molecule has 0 aliphatic heterocycles. The maximum absolute atomic E-state index is 10.4. The molecule has 0 fully saturated rings. The summed E-state index contributed by atoms with van der Waals surface area (Å²) in [4.78, 5) is 10.4. The van der Waals surface area contributed by atoms with Crippen LogP contribution in [0.4, 0.5) is 0 Å². The fourth-order valence-electron chi connectivity index (χ4n) is 0.515. The largest absolute Gasteiger partial charge is 0.303 e. The standard InChI is InChI=1S/C9H16O/c1-8(2)5-6-9(3,4)7-10/h5,7H,6H2,1-4H3. The van der Waals surface area contributed by atoms with E-state index in [1.165, 1.54) is 5.57 Å². The van der Waals surface area contributed by atoms with E-state index in [-0.39, 0.29) is 5.41 Å². The van der Waals surface area contributed by atoms with E-state index in [4.69, 9.17) is 0 Å². The van der Waals surface area contributed by atoms with Crippen LogP contribution >= 0.6 is 0 Å². The molecule has 0 saturated heterocycles. The van der Waals surface area contributed by atoms with E-state index in [0.717, 1.165) is 12.7 Å². The summed E-state index contributed by atoms with van der Waals surface area (Å²) in [6.45, 7) is 7.97. The summed E-state index contributed by atoms with van der Waals surface area (Å²) < 4.78 is 0. The predicted molar refractivity (Wildman–Crippen MR) is 43.9 cm³/mol. The van der Waals surface area contributed by atoms with Crippen molar-refractivity contribution in [3.05, 3.63) is 11.6 Å². The third-order valence-electron chi connectivity index (χ3n) is 1.36. The van der Waals surface area contributed by atoms with Crippen molar-refractivity contribution in [2.45, 2.75) is 34.1 Å². The summed E-state index contributed by atoms with van der Waals surface area (Å²) in [5.41, 5.74) is 1.09. The highest BCUT2D eigenvalue weighted by Gasteiger charge is 2.13. The van der Waals surface area contributed by atoms with Crippen LogP contribution in [-0.2, 0) is 4.79 Å². The molecule has 0 spiro atoms. The van der Waals surface area contributed by atoms with E-state index >= 15 is 0 Å². The molecular formula is C9H16O. The quantitative estimate of drug-likeness (QED) is 0.435. The van der Waals surface area contributed by atoms with Crippen LogP contribution in [0.25, 0.3) is 0 Å². The van der Waals surface area contributed by atoms with Crippen LogP contribution in [0.15, 0.2) is 11.6 Å². The third kappa shape index (κ3) is 4.30. The molecule has 1 heteroatoms. The second kappa shape index (κ2) is 3.55. The van der Waals surface area contributed by atoms with E-state index < -0.39 is 0 Å². The summed E-state index contributed by atoms with van der Waals surface area (Å²) >= 11 is 0. The Hall–Kier alpha value is -0.590. The van der Waals surface area contributed by atoms with E-state index in [2.05, 4.69) is 6.08 Å². The van der Waals surface area contributed by atoms with Crippen LogP contribution in [0, 0.1) is 5.41 Å². The van der Waals surface area contributed by atoms with Crippen molar-refractivity contribution in [2.75, 3.05) is 0 Å². The lowest BCUT2D eigenvalue weighted by atomic mass is 9.91. The molecule has 10 heavy (non-hydrogen) atoms. The second-order valence-electron chi connectivity index (χ2n) is 3.59. The van der Waals surface area contributed by atoms with Gasteiger partial charge in [-0.2, -0.15) is 0 Å². The van der Waals surface area contributed by atoms with Gasteiger partial charge in [0.1, 0.15) is 6.29 Å². The Morgan fingerprint density at radius 2 is 1.90 bits per heavy atom. The first-order chi connectivity index (χ1) is 4.48. The Morgan fingerprint density at radius 3 is 2.20 bits per heavy atom. The van der Waals surface area contributed by atoms with Crippen molar-refractivity contribution in [1.29, 1.82) is 0 Å². The Balaban J connectivity index is 3.90. The van der Waals surface area contributed by atoms with Gasteiger partial charge in [0.15, 0.2) is 0 Å². The van der Waals surface area contributed by atoms with Gasteiger partial charge >= 0.3 is 0 Å². The summed E-state index contributed by atoms with van der Waals surface area (Å²) in [5.74, 6) is 0. The van der Waals surface area contributed by atoms with Gasteiger partial charge in [-0.25, -0.2) is 0 Å². The third-order valence-corrected chi connectivity index (χ3v) is 1.36. The van der Waals surface area contributed by atoms with Crippen LogP contribution in [0.5, 0.6) is 0 Å². The van der Waals surface area contributed by atoms with Gasteiger partial charge in [-0.15, -0.1) is 0 Å². The lowest BCUT2D eigenvalue weighted by Crippen LogP contribution is -2.10. The lowest BCUT2D eigenvalue weighted by Gasteiger charge is -2.13. The molecule has 1 nitrogen and oxygen atoms in total. The van der Waals surface area contributed by atoms with Crippen molar-refractivity contribution < 1.29 is 4.79 Å². The number of carbonyl (C=O) groups is 1. The van der Waals surface area contributed by atoms with Gasteiger partial charge in [0.2, 0.25) is 0 Å². The van der Waals surface area contributed by atoms with E-state index in [1.54, 1.807) is 0 Å². The van der Waals surface area contributed by atoms with Crippen LogP contribution in [0.3, 0.4) is 0 Å². The van der Waals surface area contributed by atoms with Crippen LogP contribution in [0.2, 0.25) is 0 Å². The second-order valence-corrected chi connectivity index (χ2v) is 3.59. The average molecular weight is 140 g/mol. The van der Waals surface area contributed by atoms with Crippen molar-refractivity contribution in [3.8, 4) is 0 Å². The normalized spacial score (nSPS) is 10.8. The number of rotatable bonds is 3. The smallest absolute Gasteiger partial charge is 0.125 e. The van der Waals surface area contributed by atoms with Crippen LogP contribution in [0.1, 0.15) is 34.1 Å². The fourth-order valence-corrected chi connectivity index (χ4v) is 0.515. The van der Waals surface area contributed by atoms with Crippen molar-refractivity contribution in [2.24, 2.45) is 5.41 Å². The summed E-state index contributed by atoms with van der Waals surface area (Å²) in [6.07, 6.45) is 3.94. The maximum Gasteiger partial charge on any atom is 0.125 e. The highest BCUT2D eigenvalue weighted by molar-refractivity contribution is 5.58. The zero-order valence-corrected chi connectivity index (χ0v) is 7.27. The Morgan fingerprint density at radius 1 is 1.40 bits per heavy atom. The molecule has 0 N–H and O–H groups in total. The first-order valence-corrected chi connectivity index (χ1v) is 3.57. The zero-order chi connectivity index (χ0) is 8.20. The molecule has 0 rings (SSSR count). The Bertz CT molecular complexity index is 139. The molecule has 0 aliphatic carbocycles. The molecule has 0 aromatic rings. The van der Waals surface area contributed by atoms with Gasteiger partial charge in [-0.3, -0.25) is 0 Å². The number of aldehydes is 1. The highest BCUT2D eigenvalue weighted by Crippen LogP contribution is 2.17. The molecule has 0 amide bonds. The minimum absolute atomic E-state index is 0.183. The molecule has 0 aromatic heterocycles. The molecule has 0 atom stereocenters. The van der Waals surface area contributed by atoms with Gasteiger partial charge < -0.3 is 4.79 Å². The first-order valence-electron chi connectivity index (χ1n) is 3.57.